The van der Waals surface area contributed by atoms with Gasteiger partial charge in [0.1, 0.15) is 0 Å². The zero-order valence-corrected chi connectivity index (χ0v) is 36.6. The molecule has 0 N–H and O–H groups in total. The zero-order valence-electron chi connectivity index (χ0n) is 35.6. The summed E-state index contributed by atoms with van der Waals surface area (Å²) in [6, 6.07) is 13.6. The molecule has 2 aromatic carbocycles. The van der Waals surface area contributed by atoms with Crippen LogP contribution in [0.1, 0.15) is 218 Å². The molecule has 2 nitrogen and oxygen atoms in total. The van der Waals surface area contributed by atoms with E-state index in [0.29, 0.717) is 0 Å². The number of allylic oxidation sites excluding steroid dienone is 2. The topological polar surface area (TPSA) is 24.7 Å². The Hall–Kier alpha value is -1.99. The van der Waals surface area contributed by atoms with Crippen molar-refractivity contribution in [3.63, 3.8) is 0 Å². The Bertz CT molecular complexity index is 1270. The first-order valence-corrected chi connectivity index (χ1v) is 22.7. The Morgan fingerprint density at radius 1 is 0.434 bits per heavy atom. The minimum atomic E-state index is 0. The van der Waals surface area contributed by atoms with Gasteiger partial charge in [-0.05, 0) is 104 Å². The number of hydrogen-bond donors (Lipinski definition) is 0. The molecule has 0 saturated heterocycles. The van der Waals surface area contributed by atoms with Crippen LogP contribution < -0.4 is 0 Å². The first-order chi connectivity index (χ1) is 25.6. The molecule has 0 atom stereocenters. The molecule has 0 heterocycles. The summed E-state index contributed by atoms with van der Waals surface area (Å²) in [7, 11) is 0. The molecule has 53 heavy (non-hydrogen) atoms. The monoisotopic (exact) mass is 769 g/mol. The Balaban J connectivity index is 0.0000140. The fourth-order valence-electron chi connectivity index (χ4n) is 7.52. The molecule has 0 fully saturated rings. The molecule has 0 saturated carbocycles. The summed E-state index contributed by atoms with van der Waals surface area (Å²) in [6.45, 7) is 13.6. The van der Waals surface area contributed by atoms with Crippen LogP contribution in [0, 0.1) is 0 Å². The summed E-state index contributed by atoms with van der Waals surface area (Å²) < 4.78 is 0. The SMILES string of the molecule is CCCCCCCCCCCCCCCCCCCC/C=C/C(=N\c1ccc(CC)c(CC)c1)C(/CCCCCC)=N/c1ccc(CC)c(CC)c1.[Ni]. The van der Waals surface area contributed by atoms with Crippen molar-refractivity contribution in [1.82, 2.24) is 0 Å². The van der Waals surface area contributed by atoms with Gasteiger partial charge in [0.25, 0.3) is 0 Å². The normalized spacial score (nSPS) is 12.2. The van der Waals surface area contributed by atoms with Crippen LogP contribution in [-0.2, 0) is 42.2 Å². The van der Waals surface area contributed by atoms with Crippen LogP contribution >= 0.6 is 0 Å². The number of nitrogens with zero attached hydrogens (tertiary/aromatic N) is 2. The molecule has 2 aromatic rings. The third-order valence-electron chi connectivity index (χ3n) is 11.0. The van der Waals surface area contributed by atoms with Gasteiger partial charge in [-0.25, -0.2) is 4.99 Å². The van der Waals surface area contributed by atoms with Crippen molar-refractivity contribution >= 4 is 22.8 Å². The van der Waals surface area contributed by atoms with E-state index in [1.54, 1.807) is 0 Å². The van der Waals surface area contributed by atoms with Crippen molar-refractivity contribution in [2.24, 2.45) is 9.98 Å². The van der Waals surface area contributed by atoms with E-state index in [1.165, 1.54) is 157 Å². The summed E-state index contributed by atoms with van der Waals surface area (Å²) >= 11 is 0. The predicted molar refractivity (Wildman–Crippen MR) is 236 cm³/mol. The number of rotatable bonds is 32. The second-order valence-electron chi connectivity index (χ2n) is 15.4. The van der Waals surface area contributed by atoms with Gasteiger partial charge in [0, 0.05) is 16.5 Å². The average Bonchev–Trinajstić information content (AvgIpc) is 3.17. The third kappa shape index (κ3) is 22.2. The Labute approximate surface area is 340 Å². The maximum atomic E-state index is 5.35. The van der Waals surface area contributed by atoms with Gasteiger partial charge >= 0.3 is 0 Å². The van der Waals surface area contributed by atoms with Crippen molar-refractivity contribution in [2.45, 2.75) is 221 Å². The molecule has 302 valence electrons. The molecule has 0 aromatic heterocycles. The number of aryl methyl sites for hydroxylation is 4. The maximum absolute atomic E-state index is 5.35. The van der Waals surface area contributed by atoms with Crippen LogP contribution in [0.4, 0.5) is 11.4 Å². The van der Waals surface area contributed by atoms with Crippen LogP contribution in [0.3, 0.4) is 0 Å². The summed E-state index contributed by atoms with van der Waals surface area (Å²) in [5.74, 6) is 0. The van der Waals surface area contributed by atoms with Crippen LogP contribution in [-0.4, -0.2) is 11.4 Å². The van der Waals surface area contributed by atoms with Gasteiger partial charge in [-0.2, -0.15) is 0 Å². The molecule has 0 spiro atoms. The molecule has 0 aliphatic rings. The van der Waals surface area contributed by atoms with E-state index in [-0.39, 0.29) is 16.5 Å². The zero-order chi connectivity index (χ0) is 37.5. The second-order valence-corrected chi connectivity index (χ2v) is 15.4. The summed E-state index contributed by atoms with van der Waals surface area (Å²) in [4.78, 5) is 10.7. The van der Waals surface area contributed by atoms with Gasteiger partial charge < -0.3 is 0 Å². The molecule has 0 unspecified atom stereocenters. The van der Waals surface area contributed by atoms with Gasteiger partial charge in [-0.3, -0.25) is 4.99 Å². The number of aliphatic imine (C=N–C) groups is 2. The van der Waals surface area contributed by atoms with E-state index in [4.69, 9.17) is 9.98 Å². The molecular formula is C50H82N2Ni. The molecule has 0 amide bonds. The molecule has 0 aliphatic carbocycles. The van der Waals surface area contributed by atoms with Crippen molar-refractivity contribution in [3.05, 3.63) is 70.8 Å². The predicted octanol–water partition coefficient (Wildman–Crippen LogP) is 16.7. The van der Waals surface area contributed by atoms with E-state index < -0.39 is 0 Å². The molecule has 0 aliphatic heterocycles. The molecule has 0 radical (unpaired) electrons. The van der Waals surface area contributed by atoms with Crippen molar-refractivity contribution < 1.29 is 16.5 Å². The molecule has 0 bridgehead atoms. The molecule has 2 rings (SSSR count). The van der Waals surface area contributed by atoms with Crippen molar-refractivity contribution in [3.8, 4) is 0 Å². The first kappa shape index (κ1) is 49.0. The van der Waals surface area contributed by atoms with Gasteiger partial charge in [0.2, 0.25) is 0 Å². The Morgan fingerprint density at radius 2 is 0.811 bits per heavy atom. The van der Waals surface area contributed by atoms with Crippen molar-refractivity contribution in [1.29, 1.82) is 0 Å². The first-order valence-electron chi connectivity index (χ1n) is 22.7. The Kier molecular flexibility index (Phi) is 30.9. The summed E-state index contributed by atoms with van der Waals surface area (Å²) in [6.07, 6.45) is 41.4. The van der Waals surface area contributed by atoms with E-state index in [9.17, 15) is 0 Å². The van der Waals surface area contributed by atoms with Gasteiger partial charge in [0.15, 0.2) is 0 Å². The van der Waals surface area contributed by atoms with E-state index in [1.807, 2.05) is 0 Å². The largest absolute Gasteiger partial charge is 0.251 e. The maximum Gasteiger partial charge on any atom is 0.0848 e. The average molecular weight is 770 g/mol. The molecular weight excluding hydrogens is 687 g/mol. The van der Waals surface area contributed by atoms with Gasteiger partial charge in [0.05, 0.1) is 22.8 Å². The van der Waals surface area contributed by atoms with Crippen molar-refractivity contribution in [2.75, 3.05) is 0 Å². The minimum absolute atomic E-state index is 0. The van der Waals surface area contributed by atoms with Crippen LogP contribution in [0.25, 0.3) is 0 Å². The minimum Gasteiger partial charge on any atom is -0.251 e. The van der Waals surface area contributed by atoms with Crippen LogP contribution in [0.5, 0.6) is 0 Å². The fraction of sp³-hybridized carbons (Fsp3) is 0.680. The standard InChI is InChI=1S/C50H82N2.Ni/c1-7-13-15-17-18-19-20-21-22-23-24-25-26-27-28-29-30-31-32-34-36-50(52-48-40-38-44(10-4)46(12-6)42-48)49(35-33-16-14-8-2)51-47-39-37-43(9-3)45(11-5)41-47;/h34,36-42H,7-33,35H2,1-6H3;/b36-34+,51-49+,52-50+;. The number of benzene rings is 2. The van der Waals surface area contributed by atoms with Crippen LogP contribution in [0.2, 0.25) is 0 Å². The molecule has 3 heteroatoms. The number of hydrogen-bond acceptors (Lipinski definition) is 2. The van der Waals surface area contributed by atoms with E-state index in [0.717, 1.165) is 67.7 Å². The van der Waals surface area contributed by atoms with Gasteiger partial charge in [-0.15, -0.1) is 0 Å². The Morgan fingerprint density at radius 3 is 1.23 bits per heavy atom. The van der Waals surface area contributed by atoms with E-state index in [2.05, 4.69) is 90.1 Å². The van der Waals surface area contributed by atoms with Gasteiger partial charge in [-0.1, -0.05) is 188 Å². The smallest absolute Gasteiger partial charge is 0.0848 e. The third-order valence-corrected chi connectivity index (χ3v) is 11.0. The fourth-order valence-corrected chi connectivity index (χ4v) is 7.52. The number of unbranched alkanes of at least 4 members (excludes halogenated alkanes) is 21. The summed E-state index contributed by atoms with van der Waals surface area (Å²) in [5.41, 5.74) is 10.0. The quantitative estimate of drug-likeness (QED) is 0.0402. The van der Waals surface area contributed by atoms with Crippen LogP contribution in [0.15, 0.2) is 58.5 Å². The second kappa shape index (κ2) is 33.4. The van der Waals surface area contributed by atoms with E-state index >= 15 is 0 Å². The summed E-state index contributed by atoms with van der Waals surface area (Å²) in [5, 5.41) is 0.